The molecule has 0 aliphatic carbocycles. The van der Waals surface area contributed by atoms with E-state index in [2.05, 4.69) is 5.32 Å². The molecule has 14 heavy (non-hydrogen) atoms. The van der Waals surface area contributed by atoms with Gasteiger partial charge in [-0.2, -0.15) is 5.06 Å². The second kappa shape index (κ2) is 5.75. The van der Waals surface area contributed by atoms with Gasteiger partial charge in [0.05, 0.1) is 0 Å². The number of benzene rings is 1. The standard InChI is InChI=1S/C11H18N2O/c1-10(8-12-2)13(14)9-11-6-4-3-5-7-11/h3-7,10,12,14H,8-9H2,1-2H3/t10-/m0/s1. The third-order valence-electron chi connectivity index (χ3n) is 2.20. The molecule has 0 heterocycles. The molecule has 0 saturated carbocycles. The lowest BCUT2D eigenvalue weighted by atomic mass is 10.2. The van der Waals surface area contributed by atoms with Crippen LogP contribution in [0, 0.1) is 0 Å². The van der Waals surface area contributed by atoms with E-state index in [9.17, 15) is 5.21 Å². The van der Waals surface area contributed by atoms with Gasteiger partial charge in [0.1, 0.15) is 0 Å². The Balaban J connectivity index is 2.44. The molecule has 0 spiro atoms. The van der Waals surface area contributed by atoms with Gasteiger partial charge >= 0.3 is 0 Å². The number of hydroxylamine groups is 2. The Hall–Kier alpha value is -0.900. The van der Waals surface area contributed by atoms with Crippen LogP contribution < -0.4 is 5.32 Å². The molecule has 3 heteroatoms. The predicted octanol–water partition coefficient (Wildman–Crippen LogP) is 1.49. The first-order chi connectivity index (χ1) is 6.74. The van der Waals surface area contributed by atoms with Gasteiger partial charge in [0.15, 0.2) is 0 Å². The van der Waals surface area contributed by atoms with Gasteiger partial charge in [-0.15, -0.1) is 0 Å². The van der Waals surface area contributed by atoms with Crippen LogP contribution in [-0.4, -0.2) is 29.9 Å². The molecule has 3 nitrogen and oxygen atoms in total. The van der Waals surface area contributed by atoms with Crippen molar-refractivity contribution in [1.82, 2.24) is 10.4 Å². The number of hydrogen-bond donors (Lipinski definition) is 2. The van der Waals surface area contributed by atoms with Crippen LogP contribution in [0.2, 0.25) is 0 Å². The smallest absolute Gasteiger partial charge is 0.0492 e. The zero-order chi connectivity index (χ0) is 10.4. The van der Waals surface area contributed by atoms with Crippen LogP contribution in [0.3, 0.4) is 0 Å². The zero-order valence-corrected chi connectivity index (χ0v) is 8.77. The second-order valence-electron chi connectivity index (χ2n) is 3.49. The maximum absolute atomic E-state index is 9.70. The molecule has 2 N–H and O–H groups in total. The first kappa shape index (κ1) is 11.2. The monoisotopic (exact) mass is 194 g/mol. The van der Waals surface area contributed by atoms with E-state index in [4.69, 9.17) is 0 Å². The van der Waals surface area contributed by atoms with Gasteiger partial charge in [0.2, 0.25) is 0 Å². The summed E-state index contributed by atoms with van der Waals surface area (Å²) in [4.78, 5) is 0. The Morgan fingerprint density at radius 1 is 1.36 bits per heavy atom. The Kier molecular flexibility index (Phi) is 4.59. The average molecular weight is 194 g/mol. The largest absolute Gasteiger partial charge is 0.318 e. The van der Waals surface area contributed by atoms with Crippen LogP contribution >= 0.6 is 0 Å². The number of nitrogens with one attached hydrogen (secondary N) is 1. The number of nitrogens with zero attached hydrogens (tertiary/aromatic N) is 1. The fourth-order valence-corrected chi connectivity index (χ4v) is 1.33. The molecule has 0 saturated heterocycles. The summed E-state index contributed by atoms with van der Waals surface area (Å²) in [5, 5.41) is 14.1. The lowest BCUT2D eigenvalue weighted by Crippen LogP contribution is -2.36. The highest BCUT2D eigenvalue weighted by Gasteiger charge is 2.09. The summed E-state index contributed by atoms with van der Waals surface area (Å²) < 4.78 is 0. The molecule has 1 aromatic carbocycles. The van der Waals surface area contributed by atoms with Gasteiger partial charge in [0.25, 0.3) is 0 Å². The fraction of sp³-hybridized carbons (Fsp3) is 0.455. The molecule has 0 bridgehead atoms. The topological polar surface area (TPSA) is 35.5 Å². The van der Waals surface area contributed by atoms with Crippen molar-refractivity contribution < 1.29 is 5.21 Å². The molecule has 0 aliphatic rings. The first-order valence-corrected chi connectivity index (χ1v) is 4.88. The van der Waals surface area contributed by atoms with Crippen molar-refractivity contribution in [3.8, 4) is 0 Å². The van der Waals surface area contributed by atoms with E-state index in [0.717, 1.165) is 12.1 Å². The van der Waals surface area contributed by atoms with Crippen LogP contribution in [0.25, 0.3) is 0 Å². The minimum atomic E-state index is 0.125. The van der Waals surface area contributed by atoms with Crippen LogP contribution in [0.4, 0.5) is 0 Å². The molecule has 0 fully saturated rings. The van der Waals surface area contributed by atoms with Crippen LogP contribution in [0.1, 0.15) is 12.5 Å². The summed E-state index contributed by atoms with van der Waals surface area (Å²) in [7, 11) is 1.88. The van der Waals surface area contributed by atoms with Crippen LogP contribution in [0.15, 0.2) is 30.3 Å². The maximum Gasteiger partial charge on any atom is 0.0492 e. The summed E-state index contributed by atoms with van der Waals surface area (Å²) in [5.41, 5.74) is 1.12. The fourth-order valence-electron chi connectivity index (χ4n) is 1.33. The number of rotatable bonds is 5. The molecule has 0 aliphatic heterocycles. The summed E-state index contributed by atoms with van der Waals surface area (Å²) >= 11 is 0. The van der Waals surface area contributed by atoms with E-state index < -0.39 is 0 Å². The van der Waals surface area contributed by atoms with E-state index in [0.29, 0.717) is 6.54 Å². The Morgan fingerprint density at radius 2 is 2.00 bits per heavy atom. The van der Waals surface area contributed by atoms with Crippen LogP contribution in [0.5, 0.6) is 0 Å². The van der Waals surface area contributed by atoms with Crippen molar-refractivity contribution in [3.63, 3.8) is 0 Å². The molecule has 0 unspecified atom stereocenters. The molecule has 1 aromatic rings. The maximum atomic E-state index is 9.70. The van der Waals surface area contributed by atoms with Gasteiger partial charge in [-0.05, 0) is 19.5 Å². The molecule has 78 valence electrons. The first-order valence-electron chi connectivity index (χ1n) is 4.88. The molecule has 1 atom stereocenters. The predicted molar refractivity (Wildman–Crippen MR) is 57.2 cm³/mol. The molecule has 1 rings (SSSR count). The SMILES string of the molecule is CNC[C@H](C)N(O)Cc1ccccc1. The zero-order valence-electron chi connectivity index (χ0n) is 8.77. The summed E-state index contributed by atoms with van der Waals surface area (Å²) in [6, 6.07) is 10.1. The summed E-state index contributed by atoms with van der Waals surface area (Å²) in [6.07, 6.45) is 0. The van der Waals surface area contributed by atoms with Crippen molar-refractivity contribution in [2.75, 3.05) is 13.6 Å². The summed E-state index contributed by atoms with van der Waals surface area (Å²) in [5.74, 6) is 0. The molecule has 0 amide bonds. The van der Waals surface area contributed by atoms with Gasteiger partial charge < -0.3 is 10.5 Å². The Morgan fingerprint density at radius 3 is 2.57 bits per heavy atom. The summed E-state index contributed by atoms with van der Waals surface area (Å²) in [6.45, 7) is 3.34. The lowest BCUT2D eigenvalue weighted by Gasteiger charge is -2.22. The van der Waals surface area contributed by atoms with E-state index in [-0.39, 0.29) is 6.04 Å². The average Bonchev–Trinajstić information content (AvgIpc) is 2.19. The minimum Gasteiger partial charge on any atom is -0.318 e. The van der Waals surface area contributed by atoms with Gasteiger partial charge in [-0.25, -0.2) is 0 Å². The van der Waals surface area contributed by atoms with E-state index in [1.807, 2.05) is 44.3 Å². The van der Waals surface area contributed by atoms with Crippen LogP contribution in [-0.2, 0) is 6.54 Å². The third-order valence-corrected chi connectivity index (χ3v) is 2.20. The van der Waals surface area contributed by atoms with Gasteiger partial charge in [-0.1, -0.05) is 30.3 Å². The van der Waals surface area contributed by atoms with E-state index in [1.54, 1.807) is 0 Å². The van der Waals surface area contributed by atoms with Crippen molar-refractivity contribution >= 4 is 0 Å². The quantitative estimate of drug-likeness (QED) is 0.697. The van der Waals surface area contributed by atoms with Crippen molar-refractivity contribution in [2.24, 2.45) is 0 Å². The van der Waals surface area contributed by atoms with Crippen molar-refractivity contribution in [2.45, 2.75) is 19.5 Å². The minimum absolute atomic E-state index is 0.125. The molecule has 0 aromatic heterocycles. The van der Waals surface area contributed by atoms with Gasteiger partial charge in [0, 0.05) is 19.1 Å². The molecule has 0 radical (unpaired) electrons. The highest BCUT2D eigenvalue weighted by Crippen LogP contribution is 2.04. The van der Waals surface area contributed by atoms with Crippen molar-refractivity contribution in [1.29, 1.82) is 0 Å². The van der Waals surface area contributed by atoms with Gasteiger partial charge in [-0.3, -0.25) is 0 Å². The third kappa shape index (κ3) is 3.46. The van der Waals surface area contributed by atoms with E-state index >= 15 is 0 Å². The lowest BCUT2D eigenvalue weighted by molar-refractivity contribution is -0.128. The van der Waals surface area contributed by atoms with Crippen molar-refractivity contribution in [3.05, 3.63) is 35.9 Å². The normalized spacial score (nSPS) is 13.1. The Bertz CT molecular complexity index is 251. The molecular weight excluding hydrogens is 176 g/mol. The second-order valence-corrected chi connectivity index (χ2v) is 3.49. The highest BCUT2D eigenvalue weighted by molar-refractivity contribution is 5.14. The van der Waals surface area contributed by atoms with E-state index in [1.165, 1.54) is 5.06 Å². The Labute approximate surface area is 85.3 Å². The molecular formula is C11H18N2O. The highest BCUT2D eigenvalue weighted by atomic mass is 16.5. The number of hydrogen-bond acceptors (Lipinski definition) is 3. The number of likely N-dealkylation sites (N-methyl/N-ethyl adjacent to an activating group) is 1.